The van der Waals surface area contributed by atoms with Crippen molar-refractivity contribution in [2.45, 2.75) is 89.6 Å². The van der Waals surface area contributed by atoms with E-state index in [4.69, 9.17) is 18.6 Å². The molecule has 1 saturated carbocycles. The largest absolute Gasteiger partial charge is 0.411 e. The Hall–Kier alpha value is -2.32. The second kappa shape index (κ2) is 14.0. The van der Waals surface area contributed by atoms with E-state index in [0.29, 0.717) is 26.2 Å². The smallest absolute Gasteiger partial charge is 0.192 e. The molecular weight excluding hydrogens is 516 g/mol. The molecule has 3 aromatic carbocycles. The molecule has 0 heterocycles. The van der Waals surface area contributed by atoms with Crippen molar-refractivity contribution in [3.63, 3.8) is 0 Å². The number of ether oxygens (including phenoxy) is 3. The quantitative estimate of drug-likeness (QED) is 0.238. The van der Waals surface area contributed by atoms with Crippen molar-refractivity contribution in [2.24, 2.45) is 5.92 Å². The number of rotatable bonds is 12. The first-order chi connectivity index (χ1) is 19.2. The fourth-order valence-electron chi connectivity index (χ4n) is 5.01. The predicted molar refractivity (Wildman–Crippen MR) is 162 cm³/mol. The normalized spacial score (nSPS) is 23.7. The van der Waals surface area contributed by atoms with Gasteiger partial charge in [0.1, 0.15) is 12.2 Å². The molecular formula is C34H46O5Si. The minimum atomic E-state index is -2.15. The molecule has 40 heavy (non-hydrogen) atoms. The molecule has 0 unspecified atom stereocenters. The van der Waals surface area contributed by atoms with Crippen molar-refractivity contribution in [1.82, 2.24) is 0 Å². The first kappa shape index (κ1) is 30.6. The van der Waals surface area contributed by atoms with Crippen LogP contribution in [0, 0.1) is 5.92 Å². The Bertz CT molecular complexity index is 1130. The molecule has 0 spiro atoms. The second-order valence-corrected chi connectivity index (χ2v) is 17.1. The highest BCUT2D eigenvalue weighted by atomic mass is 28.4. The van der Waals surface area contributed by atoms with Gasteiger partial charge in [0.25, 0.3) is 0 Å². The van der Waals surface area contributed by atoms with Crippen LogP contribution in [0.2, 0.25) is 18.1 Å². The minimum Gasteiger partial charge on any atom is -0.411 e. The second-order valence-electron chi connectivity index (χ2n) is 12.4. The molecule has 1 fully saturated rings. The lowest BCUT2D eigenvalue weighted by molar-refractivity contribution is -0.219. The van der Waals surface area contributed by atoms with Gasteiger partial charge in [-0.05, 0) is 41.2 Å². The highest BCUT2D eigenvalue weighted by Crippen LogP contribution is 2.42. The molecule has 5 nitrogen and oxygen atoms in total. The third-order valence-corrected chi connectivity index (χ3v) is 12.9. The average Bonchev–Trinajstić information content (AvgIpc) is 2.95. The SMILES string of the molecule is CC(C)(C)[Si](C)(C)O[C@H]1C[C@H](CO)[C@@H](OCc2ccccc2)[C@H](OCc2ccccc2)[C@H]1OCc1ccccc1. The molecule has 1 N–H and O–H groups in total. The van der Waals surface area contributed by atoms with Gasteiger partial charge in [0.05, 0.1) is 32.0 Å². The summed E-state index contributed by atoms with van der Waals surface area (Å²) < 4.78 is 27.1. The van der Waals surface area contributed by atoms with Crippen molar-refractivity contribution in [2.75, 3.05) is 6.61 Å². The standard InChI is InChI=1S/C34H46O5Si/c1-34(2,3)40(4,5)39-30-21-29(22-35)31(36-23-26-15-9-6-10-16-26)33(38-25-28-19-13-8-14-20-28)32(30)37-24-27-17-11-7-12-18-27/h6-20,29-33,35H,21-25H2,1-5H3/t29-,30+,31-,32+,33+/m1/s1. The van der Waals surface area contributed by atoms with Crippen molar-refractivity contribution in [1.29, 1.82) is 0 Å². The highest BCUT2D eigenvalue weighted by Gasteiger charge is 2.50. The van der Waals surface area contributed by atoms with Crippen molar-refractivity contribution < 1.29 is 23.7 Å². The fourth-order valence-corrected chi connectivity index (χ4v) is 6.35. The van der Waals surface area contributed by atoms with E-state index in [1.807, 2.05) is 54.6 Å². The van der Waals surface area contributed by atoms with Crippen LogP contribution in [0.4, 0.5) is 0 Å². The Kier molecular flexibility index (Phi) is 10.7. The van der Waals surface area contributed by atoms with Gasteiger partial charge in [-0.15, -0.1) is 0 Å². The number of aliphatic hydroxyl groups excluding tert-OH is 1. The molecule has 4 rings (SSSR count). The van der Waals surface area contributed by atoms with Crippen LogP contribution in [-0.4, -0.2) is 44.4 Å². The zero-order valence-electron chi connectivity index (χ0n) is 24.7. The van der Waals surface area contributed by atoms with Crippen LogP contribution in [0.5, 0.6) is 0 Å². The monoisotopic (exact) mass is 562 g/mol. The van der Waals surface area contributed by atoms with Crippen LogP contribution < -0.4 is 0 Å². The summed E-state index contributed by atoms with van der Waals surface area (Å²) in [6.45, 7) is 12.6. The first-order valence-corrected chi connectivity index (χ1v) is 17.3. The van der Waals surface area contributed by atoms with E-state index in [9.17, 15) is 5.11 Å². The lowest BCUT2D eigenvalue weighted by atomic mass is 9.80. The third-order valence-electron chi connectivity index (χ3n) is 8.36. The number of aliphatic hydroxyl groups is 1. The Morgan fingerprint density at radius 3 is 1.45 bits per heavy atom. The molecule has 0 saturated heterocycles. The number of hydrogen-bond acceptors (Lipinski definition) is 5. The molecule has 3 aromatic rings. The van der Waals surface area contributed by atoms with Gasteiger partial charge in [-0.2, -0.15) is 0 Å². The van der Waals surface area contributed by atoms with Crippen LogP contribution in [-0.2, 0) is 38.5 Å². The van der Waals surface area contributed by atoms with Crippen LogP contribution >= 0.6 is 0 Å². The third kappa shape index (κ3) is 8.12. The topological polar surface area (TPSA) is 57.2 Å². The van der Waals surface area contributed by atoms with Crippen LogP contribution in [0.15, 0.2) is 91.0 Å². The summed E-state index contributed by atoms with van der Waals surface area (Å²) in [7, 11) is -2.15. The lowest BCUT2D eigenvalue weighted by Gasteiger charge is -2.49. The Labute approximate surface area is 241 Å². The molecule has 1 aliphatic rings. The minimum absolute atomic E-state index is 0.00653. The molecule has 0 bridgehead atoms. The van der Waals surface area contributed by atoms with Gasteiger partial charge in [0.2, 0.25) is 0 Å². The van der Waals surface area contributed by atoms with Crippen LogP contribution in [0.1, 0.15) is 43.9 Å². The van der Waals surface area contributed by atoms with E-state index in [1.54, 1.807) is 0 Å². The van der Waals surface area contributed by atoms with Gasteiger partial charge in [-0.25, -0.2) is 0 Å². The summed E-state index contributed by atoms with van der Waals surface area (Å²) in [5.74, 6) is -0.143. The Morgan fingerprint density at radius 2 is 1.05 bits per heavy atom. The Morgan fingerprint density at radius 1 is 0.650 bits per heavy atom. The van der Waals surface area contributed by atoms with Gasteiger partial charge in [-0.3, -0.25) is 0 Å². The van der Waals surface area contributed by atoms with Gasteiger partial charge >= 0.3 is 0 Å². The summed E-state index contributed by atoms with van der Waals surface area (Å²) in [6.07, 6.45) is -0.712. The summed E-state index contributed by atoms with van der Waals surface area (Å²) >= 11 is 0. The van der Waals surface area contributed by atoms with E-state index in [2.05, 4.69) is 70.3 Å². The first-order valence-electron chi connectivity index (χ1n) is 14.4. The summed E-state index contributed by atoms with van der Waals surface area (Å²) in [5, 5.41) is 10.6. The predicted octanol–water partition coefficient (Wildman–Crippen LogP) is 7.15. The molecule has 5 atom stereocenters. The fraction of sp³-hybridized carbons (Fsp3) is 0.471. The molecule has 0 aliphatic heterocycles. The lowest BCUT2D eigenvalue weighted by Crippen LogP contribution is -2.60. The molecule has 0 amide bonds. The van der Waals surface area contributed by atoms with Crippen LogP contribution in [0.3, 0.4) is 0 Å². The van der Waals surface area contributed by atoms with E-state index in [1.165, 1.54) is 0 Å². The molecule has 0 aromatic heterocycles. The van der Waals surface area contributed by atoms with E-state index >= 15 is 0 Å². The highest BCUT2D eigenvalue weighted by molar-refractivity contribution is 6.74. The van der Waals surface area contributed by atoms with Gasteiger partial charge in [-0.1, -0.05) is 112 Å². The maximum Gasteiger partial charge on any atom is 0.192 e. The molecule has 1 aliphatic carbocycles. The molecule has 6 heteroatoms. The van der Waals surface area contributed by atoms with Crippen molar-refractivity contribution in [3.8, 4) is 0 Å². The van der Waals surface area contributed by atoms with Gasteiger partial charge < -0.3 is 23.7 Å². The van der Waals surface area contributed by atoms with E-state index in [-0.39, 0.29) is 35.9 Å². The maximum atomic E-state index is 10.6. The maximum absolute atomic E-state index is 10.6. The molecule has 216 valence electrons. The van der Waals surface area contributed by atoms with Gasteiger partial charge in [0.15, 0.2) is 8.32 Å². The average molecular weight is 563 g/mol. The zero-order valence-corrected chi connectivity index (χ0v) is 25.7. The number of hydrogen-bond donors (Lipinski definition) is 1. The zero-order chi connectivity index (χ0) is 28.6. The van der Waals surface area contributed by atoms with E-state index in [0.717, 1.165) is 16.7 Å². The van der Waals surface area contributed by atoms with Gasteiger partial charge in [0, 0.05) is 12.5 Å². The van der Waals surface area contributed by atoms with E-state index < -0.39 is 14.4 Å². The molecule has 0 radical (unpaired) electrons. The number of benzene rings is 3. The summed E-state index contributed by atoms with van der Waals surface area (Å²) in [5.41, 5.74) is 3.27. The summed E-state index contributed by atoms with van der Waals surface area (Å²) in [6, 6.07) is 30.5. The van der Waals surface area contributed by atoms with Crippen molar-refractivity contribution >= 4 is 8.32 Å². The van der Waals surface area contributed by atoms with Crippen LogP contribution in [0.25, 0.3) is 0 Å². The summed E-state index contributed by atoms with van der Waals surface area (Å²) in [4.78, 5) is 0. The Balaban J connectivity index is 1.66. The van der Waals surface area contributed by atoms with Crippen molar-refractivity contribution in [3.05, 3.63) is 108 Å².